The van der Waals surface area contributed by atoms with Crippen molar-refractivity contribution >= 4 is 23.2 Å². The molecule has 0 N–H and O–H groups in total. The van der Waals surface area contributed by atoms with Crippen LogP contribution >= 0.6 is 0 Å². The highest BCUT2D eigenvalue weighted by Gasteiger charge is 2.21. The van der Waals surface area contributed by atoms with Gasteiger partial charge in [-0.15, -0.1) is 0 Å². The van der Waals surface area contributed by atoms with Crippen molar-refractivity contribution in [2.75, 3.05) is 22.9 Å². The number of aryl methyl sites for hydroxylation is 1. The highest BCUT2D eigenvalue weighted by molar-refractivity contribution is 5.97. The summed E-state index contributed by atoms with van der Waals surface area (Å²) in [7, 11) is 0. The zero-order chi connectivity index (χ0) is 20.0. The van der Waals surface area contributed by atoms with Crippen LogP contribution in [-0.4, -0.2) is 24.9 Å². The maximum atomic E-state index is 12.8. The lowest BCUT2D eigenvalue weighted by atomic mass is 9.97. The molecule has 0 saturated carbocycles. The summed E-state index contributed by atoms with van der Waals surface area (Å²) in [5.74, 6) is 0.283. The number of benzene rings is 2. The van der Waals surface area contributed by atoms with Crippen LogP contribution in [0.3, 0.4) is 0 Å². The average molecular weight is 367 g/mol. The summed E-state index contributed by atoms with van der Waals surface area (Å²) in [6, 6.07) is 15.8. The van der Waals surface area contributed by atoms with Gasteiger partial charge < -0.3 is 9.80 Å². The van der Waals surface area contributed by atoms with Crippen LogP contribution in [0.2, 0.25) is 0 Å². The first-order valence-corrected chi connectivity index (χ1v) is 9.59. The fourth-order valence-corrected chi connectivity index (χ4v) is 3.40. The lowest BCUT2D eigenvalue weighted by Crippen LogP contribution is -2.37. The molecule has 0 spiro atoms. The van der Waals surface area contributed by atoms with Gasteiger partial charge in [0.25, 0.3) is 0 Å². The minimum absolute atomic E-state index is 0.0228. The summed E-state index contributed by atoms with van der Waals surface area (Å²) in [4.78, 5) is 28.7. The van der Waals surface area contributed by atoms with E-state index in [4.69, 9.17) is 0 Å². The molecule has 0 bridgehead atoms. The predicted molar refractivity (Wildman–Crippen MR) is 112 cm³/mol. The van der Waals surface area contributed by atoms with Crippen molar-refractivity contribution in [2.45, 2.75) is 47.0 Å². The lowest BCUT2D eigenvalue weighted by Gasteiger charge is -2.28. The molecular formula is C23H30N2O2. The van der Waals surface area contributed by atoms with Crippen molar-refractivity contribution in [1.29, 1.82) is 0 Å². The number of carbonyl (C=O) groups is 2. The molecule has 2 amide bonds. The Morgan fingerprint density at radius 3 is 2.19 bits per heavy atom. The largest absolute Gasteiger partial charge is 0.313 e. The molecule has 0 atom stereocenters. The second-order valence-corrected chi connectivity index (χ2v) is 7.06. The fourth-order valence-electron chi connectivity index (χ4n) is 3.40. The van der Waals surface area contributed by atoms with Gasteiger partial charge in [0.2, 0.25) is 11.8 Å². The molecule has 2 aromatic rings. The van der Waals surface area contributed by atoms with E-state index < -0.39 is 0 Å². The van der Waals surface area contributed by atoms with Gasteiger partial charge in [0.15, 0.2) is 0 Å². The van der Waals surface area contributed by atoms with Crippen LogP contribution in [0.25, 0.3) is 0 Å². The second-order valence-electron chi connectivity index (χ2n) is 7.06. The normalized spacial score (nSPS) is 10.7. The molecule has 0 aromatic heterocycles. The quantitative estimate of drug-likeness (QED) is 0.698. The van der Waals surface area contributed by atoms with E-state index in [0.29, 0.717) is 19.0 Å². The topological polar surface area (TPSA) is 40.6 Å². The summed E-state index contributed by atoms with van der Waals surface area (Å²) in [6.45, 7) is 10.8. The molecular weight excluding hydrogens is 336 g/mol. The van der Waals surface area contributed by atoms with Crippen LogP contribution in [0, 0.1) is 6.92 Å². The number of hydrogen-bond donors (Lipinski definition) is 0. The van der Waals surface area contributed by atoms with Gasteiger partial charge >= 0.3 is 0 Å². The molecule has 0 fully saturated rings. The van der Waals surface area contributed by atoms with E-state index in [2.05, 4.69) is 19.9 Å². The van der Waals surface area contributed by atoms with Gasteiger partial charge in [-0.25, -0.2) is 0 Å². The number of para-hydroxylation sites is 2. The van der Waals surface area contributed by atoms with E-state index in [9.17, 15) is 9.59 Å². The first kappa shape index (κ1) is 20.7. The molecule has 0 aliphatic carbocycles. The van der Waals surface area contributed by atoms with E-state index in [1.54, 1.807) is 16.7 Å². The van der Waals surface area contributed by atoms with Crippen LogP contribution in [0.4, 0.5) is 11.4 Å². The zero-order valence-corrected chi connectivity index (χ0v) is 17.0. The molecule has 0 aliphatic heterocycles. The number of nitrogens with zero attached hydrogens (tertiary/aromatic N) is 2. The second kappa shape index (κ2) is 9.36. The first-order chi connectivity index (χ1) is 12.9. The van der Waals surface area contributed by atoms with Crippen molar-refractivity contribution in [3.8, 4) is 0 Å². The third-order valence-corrected chi connectivity index (χ3v) is 4.78. The summed E-state index contributed by atoms with van der Waals surface area (Å²) in [5, 5.41) is 0. The molecule has 144 valence electrons. The average Bonchev–Trinajstić information content (AvgIpc) is 2.64. The molecule has 0 radical (unpaired) electrons. The fraction of sp³-hybridized carbons (Fsp3) is 0.391. The Hall–Kier alpha value is -2.62. The van der Waals surface area contributed by atoms with Gasteiger partial charge in [-0.3, -0.25) is 9.59 Å². The molecule has 0 saturated heterocycles. The van der Waals surface area contributed by atoms with E-state index in [1.165, 1.54) is 0 Å². The monoisotopic (exact) mass is 366 g/mol. The Kier molecular flexibility index (Phi) is 7.17. The van der Waals surface area contributed by atoms with Crippen molar-refractivity contribution in [2.24, 2.45) is 0 Å². The van der Waals surface area contributed by atoms with Crippen LogP contribution in [0.15, 0.2) is 48.5 Å². The van der Waals surface area contributed by atoms with Gasteiger partial charge in [-0.05, 0) is 43.0 Å². The van der Waals surface area contributed by atoms with Crippen molar-refractivity contribution in [3.63, 3.8) is 0 Å². The third kappa shape index (κ3) is 4.97. The highest BCUT2D eigenvalue weighted by atomic mass is 16.2. The Morgan fingerprint density at radius 1 is 0.963 bits per heavy atom. The van der Waals surface area contributed by atoms with Crippen LogP contribution in [0.5, 0.6) is 0 Å². The number of carbonyl (C=O) groups excluding carboxylic acids is 2. The van der Waals surface area contributed by atoms with Crippen molar-refractivity contribution in [3.05, 3.63) is 59.7 Å². The van der Waals surface area contributed by atoms with Gasteiger partial charge in [0.1, 0.15) is 0 Å². The van der Waals surface area contributed by atoms with Crippen LogP contribution in [0.1, 0.15) is 51.2 Å². The predicted octanol–water partition coefficient (Wildman–Crippen LogP) is 4.91. The Morgan fingerprint density at radius 2 is 1.63 bits per heavy atom. The van der Waals surface area contributed by atoms with Crippen molar-refractivity contribution in [1.82, 2.24) is 0 Å². The minimum atomic E-state index is -0.0400. The van der Waals surface area contributed by atoms with E-state index >= 15 is 0 Å². The van der Waals surface area contributed by atoms with E-state index in [0.717, 1.165) is 22.5 Å². The zero-order valence-electron chi connectivity index (χ0n) is 17.0. The molecule has 0 heterocycles. The Labute approximate surface area is 162 Å². The molecule has 2 aromatic carbocycles. The molecule has 4 heteroatoms. The smallest absolute Gasteiger partial charge is 0.228 e. The number of rotatable bonds is 7. The van der Waals surface area contributed by atoms with E-state index in [-0.39, 0.29) is 18.2 Å². The van der Waals surface area contributed by atoms with Gasteiger partial charge in [-0.2, -0.15) is 0 Å². The van der Waals surface area contributed by atoms with Crippen LogP contribution < -0.4 is 9.80 Å². The maximum absolute atomic E-state index is 12.8. The Balaban J connectivity index is 2.23. The summed E-state index contributed by atoms with van der Waals surface area (Å²) < 4.78 is 0. The van der Waals surface area contributed by atoms with E-state index in [1.807, 2.05) is 56.3 Å². The van der Waals surface area contributed by atoms with Gasteiger partial charge in [-0.1, -0.05) is 50.2 Å². The Bertz CT molecular complexity index is 784. The minimum Gasteiger partial charge on any atom is -0.313 e. The lowest BCUT2D eigenvalue weighted by molar-refractivity contribution is -0.118. The summed E-state index contributed by atoms with van der Waals surface area (Å²) in [6.07, 6.45) is 0.286. The molecule has 0 unspecified atom stereocenters. The number of amides is 2. The van der Waals surface area contributed by atoms with Crippen LogP contribution in [-0.2, 0) is 9.59 Å². The third-order valence-electron chi connectivity index (χ3n) is 4.78. The number of anilines is 2. The standard InChI is InChI=1S/C23H30N2O2/c1-6-24(20-12-8-7-9-13-20)22(27)15-16-25(19(5)26)23-18(4)11-10-14-21(23)17(2)3/h7-14,17H,6,15-16H2,1-5H3. The first-order valence-electron chi connectivity index (χ1n) is 9.59. The molecule has 4 nitrogen and oxygen atoms in total. The van der Waals surface area contributed by atoms with Gasteiger partial charge in [0, 0.05) is 37.8 Å². The summed E-state index contributed by atoms with van der Waals surface area (Å²) >= 11 is 0. The number of hydrogen-bond acceptors (Lipinski definition) is 2. The van der Waals surface area contributed by atoms with Gasteiger partial charge in [0.05, 0.1) is 0 Å². The maximum Gasteiger partial charge on any atom is 0.228 e. The highest BCUT2D eigenvalue weighted by Crippen LogP contribution is 2.31. The SMILES string of the molecule is CCN(C(=O)CCN(C(C)=O)c1c(C)cccc1C(C)C)c1ccccc1. The summed E-state index contributed by atoms with van der Waals surface area (Å²) in [5.41, 5.74) is 4.01. The molecule has 27 heavy (non-hydrogen) atoms. The van der Waals surface area contributed by atoms with Crippen molar-refractivity contribution < 1.29 is 9.59 Å². The molecule has 0 aliphatic rings. The molecule has 2 rings (SSSR count).